The maximum absolute atomic E-state index is 15.6. The number of nitrogens with zero attached hydrogens (tertiary/aromatic N) is 5. The largest absolute Gasteiger partial charge is 0.481 e. The van der Waals surface area contributed by atoms with E-state index in [4.69, 9.17) is 14.2 Å². The van der Waals surface area contributed by atoms with Gasteiger partial charge in [-0.1, -0.05) is 60.1 Å². The number of carboxylic acid groups (broad SMARTS) is 1. The summed E-state index contributed by atoms with van der Waals surface area (Å²) in [4.78, 5) is 280. The summed E-state index contributed by atoms with van der Waals surface area (Å²) in [5.74, 6) is -17.3. The van der Waals surface area contributed by atoms with Crippen LogP contribution in [-0.4, -0.2) is 308 Å². The number of aliphatic hydroxyl groups excluding tert-OH is 2. The number of aliphatic hydroxyl groups is 2. The van der Waals surface area contributed by atoms with Gasteiger partial charge in [-0.2, -0.15) is 0 Å². The van der Waals surface area contributed by atoms with E-state index < -0.39 is 221 Å². The topological polar surface area (TPSA) is 559 Å². The van der Waals surface area contributed by atoms with Crippen molar-refractivity contribution in [2.75, 3.05) is 90.8 Å². The van der Waals surface area contributed by atoms with Gasteiger partial charge in [0, 0.05) is 132 Å². The van der Waals surface area contributed by atoms with Gasteiger partial charge < -0.3 is 87.6 Å². The first-order valence-corrected chi connectivity index (χ1v) is 47.3. The molecule has 0 radical (unpaired) electrons. The second-order valence-electron chi connectivity index (χ2n) is 34.0. The van der Waals surface area contributed by atoms with Crippen molar-refractivity contribution in [1.29, 1.82) is 0 Å². The summed E-state index contributed by atoms with van der Waals surface area (Å²) in [5.41, 5.74) is -0.244. The van der Waals surface area contributed by atoms with E-state index in [1.165, 1.54) is 33.2 Å². The Balaban J connectivity index is 1.34. The van der Waals surface area contributed by atoms with E-state index in [-0.39, 0.29) is 181 Å². The van der Waals surface area contributed by atoms with Crippen LogP contribution in [0.25, 0.3) is 0 Å². The molecule has 9 unspecified atom stereocenters. The molecular formula is C87H131N15O25S3. The first-order valence-electron chi connectivity index (χ1n) is 44.3. The van der Waals surface area contributed by atoms with Gasteiger partial charge in [0.2, 0.25) is 76.8 Å². The van der Waals surface area contributed by atoms with Crippen LogP contribution >= 0.6 is 34.9 Å². The quantitative estimate of drug-likeness (QED) is 0.0336. The average molecular weight is 1880 g/mol. The van der Waals surface area contributed by atoms with Gasteiger partial charge in [-0.05, 0) is 129 Å². The molecule has 14 atom stereocenters. The second kappa shape index (κ2) is 53.6. The number of ketones is 3. The summed E-state index contributed by atoms with van der Waals surface area (Å²) >= 11 is 2.87. The SMILES string of the molecule is CCCN(C(=O)[C@@H](NC(=O)C(C)(C)N(C)C)[C@@H](C)CC)[C@H](C[C@@H](OC(=O)NC)c1nc(C(=O)N[C@@H](Cc2ccc3c(c2)NC(=O)CCCNC(=O)C(C)NC(=O)C(CCC(=O)CCCOCCO)NC(=O)C2C(C(=O)NC(CCC(=O)CCCOCCO)C(=O)NC(C)C(=O)NCCCC(=O)C3)N3C(=O)CC(SCSC4CC(=O)N2C4=O)C3=O)CC(C)C(=O)O)cs1)C(C)C. The zero-order valence-corrected chi connectivity index (χ0v) is 78.9. The Bertz CT molecular complexity index is 4340. The molecule has 3 saturated heterocycles. The molecule has 13 N–H and O–H groups in total. The number of anilines is 1. The summed E-state index contributed by atoms with van der Waals surface area (Å²) in [7, 11) is 4.90. The van der Waals surface area contributed by atoms with Crippen LogP contribution in [0.4, 0.5) is 10.5 Å². The lowest BCUT2D eigenvalue weighted by atomic mass is 9.91. The standard InChI is InChI=1S/C87H131N15O25S3/c1-14-32-100(83(120)70(49(5)15-2)98-85(123)87(9,10)99(12)13)63(48(3)4)43-64(127-86(124)88-11)80-97-62(46-128-80)77(115)93-55(39-50(6)84(121)122)40-53-24-25-54-42-58(107)20-16-30-89-73(111)51(7)91-75(113)59(28-26-56(105)21-18-35-125-37-33-103)95-78(116)71-72(102-69(110)45-66(82(102)119)130-47-129-65-44-68(109)101(71)81(65)118)79(117)96-60(29-27-57(106)22-19-36-126-38-34-104)76(114)92-52(8)74(112)90-31-17-23-67(108)94-61(54)41-53/h24-25,41,46,48-52,55,59-60,63-66,70-72,103-104H,14-23,26-40,42-45,47H2,1-13H3,(H,88,124)(H,89,111)(H,90,112)(H,91,113)(H,92,114)(H,93,115)(H,94,108)(H,95,116)(H,96,117)(H,98,123)(H,121,122)/t49-,50?,51?,52?,55+,59?,60?,63+,64+,65?,66?,70-,71?,72?/m0/s1. The lowest BCUT2D eigenvalue weighted by Crippen LogP contribution is -2.68. The molecule has 722 valence electrons. The van der Waals surface area contributed by atoms with Crippen molar-refractivity contribution in [2.24, 2.45) is 17.8 Å². The van der Waals surface area contributed by atoms with Crippen molar-refractivity contribution < 1.29 is 121 Å². The number of hydrogen-bond donors (Lipinski definition) is 13. The number of aliphatic carboxylic acids is 1. The Hall–Kier alpha value is -9.92. The van der Waals surface area contributed by atoms with E-state index in [9.17, 15) is 96.8 Å². The summed E-state index contributed by atoms with van der Waals surface area (Å²) in [5, 5.41) is 54.3. The van der Waals surface area contributed by atoms with Crippen LogP contribution in [0.2, 0.25) is 0 Å². The van der Waals surface area contributed by atoms with Crippen LogP contribution in [0, 0.1) is 17.8 Å². The van der Waals surface area contributed by atoms with Crippen LogP contribution in [0.1, 0.15) is 218 Å². The number of fused-ring (bicyclic) bond motifs is 8. The van der Waals surface area contributed by atoms with Crippen molar-refractivity contribution in [3.63, 3.8) is 0 Å². The zero-order chi connectivity index (χ0) is 96.4. The highest BCUT2D eigenvalue weighted by Crippen LogP contribution is 2.39. The van der Waals surface area contributed by atoms with Gasteiger partial charge in [0.1, 0.15) is 70.3 Å². The van der Waals surface area contributed by atoms with Crippen LogP contribution in [0.3, 0.4) is 0 Å². The summed E-state index contributed by atoms with van der Waals surface area (Å²) in [6, 6.07) is -9.49. The highest BCUT2D eigenvalue weighted by atomic mass is 32.2. The molecule has 0 aliphatic carbocycles. The molecule has 1 aromatic heterocycles. The fourth-order valence-electron chi connectivity index (χ4n) is 14.9. The number of thioether (sulfide) groups is 2. The number of carbonyl (C=O) groups excluding carboxylic acids is 18. The fourth-order valence-corrected chi connectivity index (χ4v) is 18.4. The molecule has 3 fully saturated rings. The normalized spacial score (nSPS) is 22.0. The number of carbonyl (C=O) groups is 19. The molecule has 1 aromatic carbocycles. The lowest BCUT2D eigenvalue weighted by molar-refractivity contribution is -0.158. The molecular weight excluding hydrogens is 1750 g/mol. The Morgan fingerprint density at radius 2 is 1.21 bits per heavy atom. The Morgan fingerprint density at radius 3 is 1.69 bits per heavy atom. The number of carboxylic acids is 1. The molecule has 0 saturated carbocycles. The minimum Gasteiger partial charge on any atom is -0.481 e. The Kier molecular flexibility index (Phi) is 44.8. The van der Waals surface area contributed by atoms with Crippen molar-refractivity contribution in [1.82, 2.24) is 72.4 Å². The third-order valence-corrected chi connectivity index (χ3v) is 26.8. The lowest BCUT2D eigenvalue weighted by Gasteiger charge is -2.40. The highest BCUT2D eigenvalue weighted by Gasteiger charge is 2.58. The maximum atomic E-state index is 15.6. The molecule has 15 amide bonds. The minimum atomic E-state index is -2.52. The number of rotatable bonds is 39. The van der Waals surface area contributed by atoms with Crippen LogP contribution < -0.4 is 53.2 Å². The third-order valence-electron chi connectivity index (χ3n) is 23.2. The van der Waals surface area contributed by atoms with Gasteiger partial charge >= 0.3 is 12.1 Å². The number of ether oxygens (including phenoxy) is 3. The number of nitrogens with one attached hydrogen (secondary N) is 10. The van der Waals surface area contributed by atoms with E-state index >= 15 is 9.59 Å². The summed E-state index contributed by atoms with van der Waals surface area (Å²) in [6.07, 6.45) is -4.93. The maximum Gasteiger partial charge on any atom is 0.407 e. The van der Waals surface area contributed by atoms with E-state index in [2.05, 4.69) is 58.2 Å². The Labute approximate surface area is 769 Å². The average Bonchev–Trinajstić information content (AvgIpc) is 1.61. The van der Waals surface area contributed by atoms with Gasteiger partial charge in [0.25, 0.3) is 5.91 Å². The molecule has 6 rings (SSSR count). The third kappa shape index (κ3) is 32.5. The van der Waals surface area contributed by atoms with Crippen LogP contribution in [-0.2, 0) is 109 Å². The summed E-state index contributed by atoms with van der Waals surface area (Å²) < 4.78 is 16.6. The van der Waals surface area contributed by atoms with Gasteiger partial charge in [-0.3, -0.25) is 101 Å². The van der Waals surface area contributed by atoms with Crippen LogP contribution in [0.15, 0.2) is 23.6 Å². The predicted octanol–water partition coefficient (Wildman–Crippen LogP) is 2.06. The predicted molar refractivity (Wildman–Crippen MR) is 479 cm³/mol. The van der Waals surface area contributed by atoms with Crippen molar-refractivity contribution in [2.45, 2.75) is 274 Å². The minimum absolute atomic E-state index is 0.0109. The fraction of sp³-hybridized carbons (Fsp3) is 0.678. The molecule has 43 heteroatoms. The van der Waals surface area contributed by atoms with E-state index in [0.29, 0.717) is 33.8 Å². The van der Waals surface area contributed by atoms with Crippen molar-refractivity contribution >= 4 is 153 Å². The zero-order valence-electron chi connectivity index (χ0n) is 76.5. The molecule has 4 aliphatic rings. The molecule has 4 aliphatic heterocycles. The number of likely N-dealkylation sites (N-methyl/N-ethyl adjacent to an activating group) is 1. The first-order chi connectivity index (χ1) is 61.6. The van der Waals surface area contributed by atoms with E-state index in [1.54, 1.807) is 55.9 Å². The van der Waals surface area contributed by atoms with Gasteiger partial charge in [0.05, 0.1) is 48.4 Å². The number of Topliss-reactive ketones (excluding diaryl/α,β-unsaturated/α-hetero) is 3. The van der Waals surface area contributed by atoms with Crippen molar-refractivity contribution in [3.05, 3.63) is 45.4 Å². The monoisotopic (exact) mass is 1880 g/mol. The number of benzene rings is 1. The number of imide groups is 2. The van der Waals surface area contributed by atoms with Crippen LogP contribution in [0.5, 0.6) is 0 Å². The number of alkyl carbamates (subject to hydrolysis) is 1. The molecule has 4 bridgehead atoms. The van der Waals surface area contributed by atoms with Gasteiger partial charge in [-0.15, -0.1) is 34.9 Å². The molecule has 40 nitrogen and oxygen atoms in total. The molecule has 0 spiro atoms. The summed E-state index contributed by atoms with van der Waals surface area (Å²) in [6.45, 7) is 16.4. The Morgan fingerprint density at radius 1 is 0.677 bits per heavy atom. The van der Waals surface area contributed by atoms with Gasteiger partial charge in [0.15, 0.2) is 6.10 Å². The van der Waals surface area contributed by atoms with E-state index in [1.807, 2.05) is 34.6 Å². The number of hydrogen-bond acceptors (Lipinski definition) is 29. The second-order valence-corrected chi connectivity index (χ2v) is 37.7. The molecule has 5 heterocycles. The number of thiazole rings is 1. The van der Waals surface area contributed by atoms with E-state index in [0.717, 1.165) is 34.9 Å². The number of aromatic nitrogens is 1. The molecule has 2 aromatic rings. The smallest absolute Gasteiger partial charge is 0.407 e. The number of amides is 15. The first kappa shape index (κ1) is 109. The van der Waals surface area contributed by atoms with Crippen molar-refractivity contribution in [3.8, 4) is 0 Å². The van der Waals surface area contributed by atoms with Gasteiger partial charge in [-0.25, -0.2) is 9.78 Å². The highest BCUT2D eigenvalue weighted by molar-refractivity contribution is 8.17. The molecule has 130 heavy (non-hydrogen) atoms.